The van der Waals surface area contributed by atoms with Gasteiger partial charge >= 0.3 is 5.63 Å². The molecule has 1 unspecified atom stereocenters. The van der Waals surface area contributed by atoms with Crippen molar-refractivity contribution in [2.45, 2.75) is 19.9 Å². The molecule has 0 radical (unpaired) electrons. The standard InChI is InChI=1S/C16H17ClN2O4S/c1-10-3-4-14-12(7-10)15(17)13(16(20)23-14)8-18-19-5-6-24(21,22)9-11(19)2/h3-4,7-8,11H,5-6,9H2,1-2H3/b18-8-. The van der Waals surface area contributed by atoms with Crippen LogP contribution in [0.3, 0.4) is 0 Å². The zero-order valence-electron chi connectivity index (χ0n) is 13.3. The summed E-state index contributed by atoms with van der Waals surface area (Å²) in [5.41, 5.74) is 1.01. The zero-order chi connectivity index (χ0) is 17.5. The molecule has 1 aromatic carbocycles. The summed E-state index contributed by atoms with van der Waals surface area (Å²) in [5, 5.41) is 6.83. The normalized spacial score (nSPS) is 20.8. The minimum atomic E-state index is -3.02. The van der Waals surface area contributed by atoms with Crippen molar-refractivity contribution in [1.29, 1.82) is 0 Å². The van der Waals surface area contributed by atoms with Crippen molar-refractivity contribution in [3.8, 4) is 0 Å². The summed E-state index contributed by atoms with van der Waals surface area (Å²) in [6.45, 7) is 3.99. The highest BCUT2D eigenvalue weighted by atomic mass is 35.5. The van der Waals surface area contributed by atoms with Gasteiger partial charge in [0.2, 0.25) is 0 Å². The molecule has 0 bridgehead atoms. The van der Waals surface area contributed by atoms with E-state index in [0.29, 0.717) is 11.0 Å². The summed E-state index contributed by atoms with van der Waals surface area (Å²) >= 11 is 6.35. The van der Waals surface area contributed by atoms with Crippen LogP contribution in [0.5, 0.6) is 0 Å². The Morgan fingerprint density at radius 2 is 2.17 bits per heavy atom. The summed E-state index contributed by atoms with van der Waals surface area (Å²) < 4.78 is 28.5. The number of sulfone groups is 1. The molecule has 2 heterocycles. The maximum atomic E-state index is 12.1. The molecule has 1 saturated heterocycles. The Morgan fingerprint density at radius 3 is 2.88 bits per heavy atom. The predicted molar refractivity (Wildman–Crippen MR) is 94.6 cm³/mol. The fourth-order valence-electron chi connectivity index (χ4n) is 2.70. The molecule has 24 heavy (non-hydrogen) atoms. The van der Waals surface area contributed by atoms with Crippen LogP contribution < -0.4 is 5.63 Å². The number of nitrogens with zero attached hydrogens (tertiary/aromatic N) is 2. The van der Waals surface area contributed by atoms with E-state index in [1.165, 1.54) is 6.21 Å². The van der Waals surface area contributed by atoms with Crippen LogP contribution in [0.2, 0.25) is 5.02 Å². The summed E-state index contributed by atoms with van der Waals surface area (Å²) in [7, 11) is -3.02. The first-order valence-corrected chi connectivity index (χ1v) is 9.71. The first-order valence-electron chi connectivity index (χ1n) is 7.51. The molecular weight excluding hydrogens is 352 g/mol. The van der Waals surface area contributed by atoms with E-state index < -0.39 is 15.5 Å². The Hall–Kier alpha value is -1.86. The van der Waals surface area contributed by atoms with Gasteiger partial charge in [-0.25, -0.2) is 13.2 Å². The molecule has 0 saturated carbocycles. The van der Waals surface area contributed by atoms with Gasteiger partial charge in [0.15, 0.2) is 9.84 Å². The van der Waals surface area contributed by atoms with Gasteiger partial charge in [0.05, 0.1) is 40.9 Å². The number of hydrogen-bond donors (Lipinski definition) is 0. The number of fused-ring (bicyclic) bond motifs is 1. The average Bonchev–Trinajstić information content (AvgIpc) is 2.49. The molecular formula is C16H17ClN2O4S. The minimum absolute atomic E-state index is 0.0452. The summed E-state index contributed by atoms with van der Waals surface area (Å²) in [6.07, 6.45) is 1.35. The Kier molecular flexibility index (Phi) is 4.40. The largest absolute Gasteiger partial charge is 0.422 e. The SMILES string of the molecule is Cc1ccc2oc(=O)c(/C=N\N3CCS(=O)(=O)CC3C)c(Cl)c2c1. The maximum Gasteiger partial charge on any atom is 0.346 e. The van der Waals surface area contributed by atoms with Gasteiger partial charge in [-0.3, -0.25) is 5.01 Å². The summed E-state index contributed by atoms with van der Waals surface area (Å²) in [5.74, 6) is 0.0948. The smallest absolute Gasteiger partial charge is 0.346 e. The van der Waals surface area contributed by atoms with Gasteiger partial charge in [0.25, 0.3) is 0 Å². The highest BCUT2D eigenvalue weighted by Crippen LogP contribution is 2.25. The van der Waals surface area contributed by atoms with Crippen LogP contribution in [-0.4, -0.2) is 43.7 Å². The molecule has 128 valence electrons. The van der Waals surface area contributed by atoms with Crippen molar-refractivity contribution >= 4 is 38.6 Å². The molecule has 1 fully saturated rings. The van der Waals surface area contributed by atoms with E-state index in [4.69, 9.17) is 16.0 Å². The number of benzene rings is 1. The topological polar surface area (TPSA) is 80.0 Å². The molecule has 1 aliphatic rings. The van der Waals surface area contributed by atoms with Crippen molar-refractivity contribution < 1.29 is 12.8 Å². The van der Waals surface area contributed by atoms with E-state index in [2.05, 4.69) is 5.10 Å². The van der Waals surface area contributed by atoms with Gasteiger partial charge in [-0.1, -0.05) is 23.2 Å². The van der Waals surface area contributed by atoms with Crippen molar-refractivity contribution in [1.82, 2.24) is 5.01 Å². The molecule has 0 N–H and O–H groups in total. The molecule has 8 heteroatoms. The predicted octanol–water partition coefficient (Wildman–Crippen LogP) is 2.21. The van der Waals surface area contributed by atoms with Gasteiger partial charge in [-0.15, -0.1) is 0 Å². The van der Waals surface area contributed by atoms with Crippen LogP contribution in [0, 0.1) is 6.92 Å². The lowest BCUT2D eigenvalue weighted by Crippen LogP contribution is -2.43. The van der Waals surface area contributed by atoms with Crippen molar-refractivity contribution in [3.63, 3.8) is 0 Å². The summed E-state index contributed by atoms with van der Waals surface area (Å²) in [6, 6.07) is 5.13. The monoisotopic (exact) mass is 368 g/mol. The lowest BCUT2D eigenvalue weighted by Gasteiger charge is -2.30. The molecule has 1 aliphatic heterocycles. The first kappa shape index (κ1) is 17.0. The van der Waals surface area contributed by atoms with Crippen LogP contribution in [0.1, 0.15) is 18.1 Å². The van der Waals surface area contributed by atoms with E-state index in [9.17, 15) is 13.2 Å². The molecule has 0 spiro atoms. The van der Waals surface area contributed by atoms with E-state index >= 15 is 0 Å². The number of aryl methyl sites for hydroxylation is 1. The van der Waals surface area contributed by atoms with E-state index in [1.807, 2.05) is 19.1 Å². The van der Waals surface area contributed by atoms with Crippen molar-refractivity contribution in [2.24, 2.45) is 5.10 Å². The van der Waals surface area contributed by atoms with Crippen LogP contribution in [0.4, 0.5) is 0 Å². The molecule has 0 aliphatic carbocycles. The van der Waals surface area contributed by atoms with Crippen LogP contribution in [0.15, 0.2) is 32.5 Å². The zero-order valence-corrected chi connectivity index (χ0v) is 14.9. The number of halogens is 1. The van der Waals surface area contributed by atoms with Crippen molar-refractivity contribution in [3.05, 3.63) is 44.8 Å². The van der Waals surface area contributed by atoms with E-state index in [1.54, 1.807) is 18.0 Å². The fraction of sp³-hybridized carbons (Fsp3) is 0.375. The third-order valence-corrected chi connectivity index (χ3v) is 6.20. The van der Waals surface area contributed by atoms with Crippen LogP contribution in [-0.2, 0) is 9.84 Å². The van der Waals surface area contributed by atoms with Crippen LogP contribution >= 0.6 is 11.6 Å². The van der Waals surface area contributed by atoms with Crippen LogP contribution in [0.25, 0.3) is 11.0 Å². The minimum Gasteiger partial charge on any atom is -0.422 e. The second-order valence-corrected chi connectivity index (χ2v) is 8.59. The molecule has 1 aromatic heterocycles. The Balaban J connectivity index is 1.97. The van der Waals surface area contributed by atoms with Gasteiger partial charge in [-0.05, 0) is 26.0 Å². The maximum absolute atomic E-state index is 12.1. The molecule has 1 atom stereocenters. The Morgan fingerprint density at radius 1 is 1.42 bits per heavy atom. The first-order chi connectivity index (χ1) is 11.3. The Labute approximate surface area is 144 Å². The number of hydrazone groups is 1. The van der Waals surface area contributed by atoms with Crippen molar-refractivity contribution in [2.75, 3.05) is 18.1 Å². The number of rotatable bonds is 2. The van der Waals surface area contributed by atoms with Gasteiger partial charge < -0.3 is 4.42 Å². The van der Waals surface area contributed by atoms with E-state index in [0.717, 1.165) is 5.56 Å². The quantitative estimate of drug-likeness (QED) is 0.599. The Bertz CT molecular complexity index is 981. The molecule has 6 nitrogen and oxygen atoms in total. The summed E-state index contributed by atoms with van der Waals surface area (Å²) in [4.78, 5) is 12.1. The molecule has 0 amide bonds. The molecule has 3 rings (SSSR count). The fourth-order valence-corrected chi connectivity index (χ4v) is 4.51. The van der Waals surface area contributed by atoms with Gasteiger partial charge in [0.1, 0.15) is 5.58 Å². The second kappa shape index (κ2) is 6.22. The van der Waals surface area contributed by atoms with E-state index in [-0.39, 0.29) is 34.7 Å². The molecule has 2 aromatic rings. The lowest BCUT2D eigenvalue weighted by atomic mass is 10.1. The average molecular weight is 369 g/mol. The lowest BCUT2D eigenvalue weighted by molar-refractivity contribution is 0.239. The highest BCUT2D eigenvalue weighted by Gasteiger charge is 2.27. The third kappa shape index (κ3) is 3.32. The highest BCUT2D eigenvalue weighted by molar-refractivity contribution is 7.91. The second-order valence-electron chi connectivity index (χ2n) is 5.99. The van der Waals surface area contributed by atoms with Gasteiger partial charge in [-0.2, -0.15) is 5.10 Å². The third-order valence-electron chi connectivity index (χ3n) is 4.00. The number of hydrogen-bond acceptors (Lipinski definition) is 6. The van der Waals surface area contributed by atoms with Gasteiger partial charge in [0, 0.05) is 5.39 Å².